The van der Waals surface area contributed by atoms with E-state index < -0.39 is 8.07 Å². The number of fused-ring (bicyclic) bond motifs is 9. The van der Waals surface area contributed by atoms with E-state index in [1.54, 1.807) is 6.33 Å². The Hall–Kier alpha value is -7.54. The maximum absolute atomic E-state index is 6.83. The highest BCUT2D eigenvalue weighted by Crippen LogP contribution is 2.39. The van der Waals surface area contributed by atoms with Gasteiger partial charge in [-0.15, -0.1) is 0 Å². The van der Waals surface area contributed by atoms with Crippen molar-refractivity contribution in [1.82, 2.24) is 19.1 Å². The van der Waals surface area contributed by atoms with Gasteiger partial charge in [0, 0.05) is 32.6 Å². The lowest BCUT2D eigenvalue weighted by Gasteiger charge is -2.34. The van der Waals surface area contributed by atoms with Crippen LogP contribution in [0, 0.1) is 0 Å². The Kier molecular flexibility index (Phi) is 7.18. The van der Waals surface area contributed by atoms with E-state index >= 15 is 0 Å². The molecule has 0 spiro atoms. The van der Waals surface area contributed by atoms with Crippen LogP contribution in [-0.2, 0) is 0 Å². The molecule has 5 nitrogen and oxygen atoms in total. The zero-order valence-corrected chi connectivity index (χ0v) is 32.3. The van der Waals surface area contributed by atoms with Crippen molar-refractivity contribution in [2.24, 2.45) is 0 Å². The van der Waals surface area contributed by atoms with Gasteiger partial charge in [0.25, 0.3) is 0 Å². The Labute approximate surface area is 334 Å². The van der Waals surface area contributed by atoms with Gasteiger partial charge < -0.3 is 8.98 Å². The normalized spacial score (nSPS) is 12.1. The zero-order valence-electron chi connectivity index (χ0n) is 31.3. The average molecular weight is 759 g/mol. The second-order valence-corrected chi connectivity index (χ2v) is 18.8. The van der Waals surface area contributed by atoms with Crippen LogP contribution in [0.1, 0.15) is 0 Å². The lowest BCUT2D eigenvalue weighted by molar-refractivity contribution is 0.662. The number of furan rings is 1. The smallest absolute Gasteiger partial charge is 0.197 e. The van der Waals surface area contributed by atoms with Crippen molar-refractivity contribution in [2.75, 3.05) is 0 Å². The van der Waals surface area contributed by atoms with E-state index in [0.29, 0.717) is 5.58 Å². The van der Waals surface area contributed by atoms with E-state index in [9.17, 15) is 0 Å². The van der Waals surface area contributed by atoms with Gasteiger partial charge in [0.05, 0.1) is 22.1 Å². The Balaban J connectivity index is 1.09. The molecule has 0 radical (unpaired) electrons. The van der Waals surface area contributed by atoms with Crippen molar-refractivity contribution in [2.45, 2.75) is 0 Å². The van der Waals surface area contributed by atoms with E-state index in [0.717, 1.165) is 49.8 Å². The molecule has 0 aliphatic rings. The van der Waals surface area contributed by atoms with Gasteiger partial charge in [-0.3, -0.25) is 4.57 Å². The van der Waals surface area contributed by atoms with E-state index in [1.165, 1.54) is 42.6 Å². The molecule has 12 aromatic rings. The average Bonchev–Trinajstić information content (AvgIpc) is 3.95. The van der Waals surface area contributed by atoms with Crippen LogP contribution >= 0.6 is 0 Å². The molecule has 272 valence electrons. The molecule has 0 N–H and O–H groups in total. The van der Waals surface area contributed by atoms with Crippen LogP contribution in [0.3, 0.4) is 0 Å². The second kappa shape index (κ2) is 12.7. The number of rotatable bonds is 6. The van der Waals surface area contributed by atoms with Crippen molar-refractivity contribution >= 4 is 94.5 Å². The molecule has 0 fully saturated rings. The summed E-state index contributed by atoms with van der Waals surface area (Å²) in [6.07, 6.45) is 1.68. The van der Waals surface area contributed by atoms with Gasteiger partial charge in [0.15, 0.2) is 19.5 Å². The van der Waals surface area contributed by atoms with E-state index in [1.807, 2.05) is 0 Å². The highest BCUT2D eigenvalue weighted by atomic mass is 28.3. The Morgan fingerprint density at radius 1 is 0.379 bits per heavy atom. The van der Waals surface area contributed by atoms with E-state index in [-0.39, 0.29) is 0 Å². The first-order chi connectivity index (χ1) is 28.8. The fourth-order valence-corrected chi connectivity index (χ4v) is 14.3. The first-order valence-corrected chi connectivity index (χ1v) is 21.7. The summed E-state index contributed by atoms with van der Waals surface area (Å²) in [6.45, 7) is 0. The van der Waals surface area contributed by atoms with E-state index in [4.69, 9.17) is 14.4 Å². The first-order valence-electron chi connectivity index (χ1n) is 19.7. The van der Waals surface area contributed by atoms with Crippen LogP contribution in [0.25, 0.3) is 77.2 Å². The third-order valence-corrected chi connectivity index (χ3v) is 16.8. The summed E-state index contributed by atoms with van der Waals surface area (Å²) in [7, 11) is -2.77. The predicted molar refractivity (Wildman–Crippen MR) is 242 cm³/mol. The lowest BCUT2D eigenvalue weighted by atomic mass is 10.1. The fraction of sp³-hybridized carbons (Fsp3) is 0. The Bertz CT molecular complexity index is 3370. The number of para-hydroxylation sites is 3. The van der Waals surface area contributed by atoms with Gasteiger partial charge in [0.2, 0.25) is 0 Å². The maximum atomic E-state index is 6.83. The van der Waals surface area contributed by atoms with Crippen molar-refractivity contribution in [3.05, 3.63) is 207 Å². The predicted octanol–water partition coefficient (Wildman–Crippen LogP) is 9.95. The van der Waals surface area contributed by atoms with Crippen molar-refractivity contribution in [3.8, 4) is 11.5 Å². The largest absolute Gasteiger partial charge is 0.450 e. The molecule has 8 aromatic carbocycles. The lowest BCUT2D eigenvalue weighted by Crippen LogP contribution is -2.74. The summed E-state index contributed by atoms with van der Waals surface area (Å²) in [5, 5.41) is 11.0. The Morgan fingerprint density at radius 2 is 0.879 bits per heavy atom. The molecule has 0 aliphatic carbocycles. The monoisotopic (exact) mass is 758 g/mol. The third kappa shape index (κ3) is 4.63. The van der Waals surface area contributed by atoms with Crippen LogP contribution < -0.4 is 20.7 Å². The molecular formula is C52H34N4OSi. The van der Waals surface area contributed by atoms with Gasteiger partial charge in [-0.25, -0.2) is 9.97 Å². The van der Waals surface area contributed by atoms with Crippen molar-refractivity contribution in [3.63, 3.8) is 0 Å². The summed E-state index contributed by atoms with van der Waals surface area (Å²) in [6, 6.07) is 72.4. The molecule has 4 aromatic heterocycles. The number of aromatic nitrogens is 4. The molecule has 0 bridgehead atoms. The standard InChI is InChI=1S/C52H34N4OSi/c1-4-16-36(17-5-1)58(37-18-6-2-7-19-37,38-20-8-3-9-21-38)39-29-31-49-44(33-39)50-51(57-49)52(54-34-53-50)56-47-27-15-12-24-42(47)43-32-35(28-30-48(43)56)55-45-25-13-10-22-40(45)41-23-11-14-26-46(41)55/h1-34H. The van der Waals surface area contributed by atoms with Crippen LogP contribution in [0.5, 0.6) is 0 Å². The fourth-order valence-electron chi connectivity index (χ4n) is 9.55. The van der Waals surface area contributed by atoms with Gasteiger partial charge in [-0.2, -0.15) is 0 Å². The Morgan fingerprint density at radius 3 is 1.47 bits per heavy atom. The summed E-state index contributed by atoms with van der Waals surface area (Å²) in [5.74, 6) is 0.719. The molecule has 0 amide bonds. The summed E-state index contributed by atoms with van der Waals surface area (Å²) < 4.78 is 11.4. The van der Waals surface area contributed by atoms with Crippen LogP contribution in [0.2, 0.25) is 0 Å². The molecule has 0 saturated carbocycles. The molecule has 0 aliphatic heterocycles. The molecule has 0 unspecified atom stereocenters. The molecule has 0 saturated heterocycles. The summed E-state index contributed by atoms with van der Waals surface area (Å²) in [4.78, 5) is 9.92. The van der Waals surface area contributed by atoms with Crippen LogP contribution in [0.4, 0.5) is 0 Å². The van der Waals surface area contributed by atoms with Gasteiger partial charge in [0.1, 0.15) is 17.4 Å². The number of hydrogen-bond donors (Lipinski definition) is 0. The summed E-state index contributed by atoms with van der Waals surface area (Å²) >= 11 is 0. The van der Waals surface area contributed by atoms with Crippen LogP contribution in [-0.4, -0.2) is 27.2 Å². The second-order valence-electron chi connectivity index (χ2n) is 15.0. The SMILES string of the molecule is c1ccc([Si](c2ccccc2)(c2ccccc2)c2ccc3oc4c(-n5c6ccccc6c6cc(-n7c8ccccc8c8ccccc87)ccc65)ncnc4c3c2)cc1. The topological polar surface area (TPSA) is 48.8 Å². The quantitative estimate of drug-likeness (QED) is 0.125. The first kappa shape index (κ1) is 32.7. The minimum Gasteiger partial charge on any atom is -0.450 e. The number of nitrogens with zero attached hydrogens (tertiary/aromatic N) is 4. The van der Waals surface area contributed by atoms with Crippen molar-refractivity contribution < 1.29 is 4.42 Å². The van der Waals surface area contributed by atoms with Crippen molar-refractivity contribution in [1.29, 1.82) is 0 Å². The highest BCUT2D eigenvalue weighted by molar-refractivity contribution is 7.20. The molecule has 6 heteroatoms. The summed E-state index contributed by atoms with van der Waals surface area (Å²) in [5.41, 5.74) is 7.83. The maximum Gasteiger partial charge on any atom is 0.197 e. The number of hydrogen-bond acceptors (Lipinski definition) is 3. The highest BCUT2D eigenvalue weighted by Gasteiger charge is 2.41. The van der Waals surface area contributed by atoms with Crippen LogP contribution in [0.15, 0.2) is 211 Å². The minimum absolute atomic E-state index is 0.662. The molecule has 0 atom stereocenters. The van der Waals surface area contributed by atoms with Gasteiger partial charge >= 0.3 is 0 Å². The van der Waals surface area contributed by atoms with Gasteiger partial charge in [-0.05, 0) is 69.3 Å². The number of benzene rings is 8. The molecule has 4 heterocycles. The molecule has 58 heavy (non-hydrogen) atoms. The third-order valence-electron chi connectivity index (χ3n) is 12.0. The zero-order chi connectivity index (χ0) is 38.2. The molecular weight excluding hydrogens is 725 g/mol. The van der Waals surface area contributed by atoms with Gasteiger partial charge in [-0.1, -0.05) is 152 Å². The molecule has 12 rings (SSSR count). The van der Waals surface area contributed by atoms with E-state index in [2.05, 4.69) is 209 Å². The minimum atomic E-state index is -2.77.